The topological polar surface area (TPSA) is 62.2 Å². The molecule has 2 N–H and O–H groups in total. The van der Waals surface area contributed by atoms with E-state index >= 15 is 0 Å². The third-order valence-electron chi connectivity index (χ3n) is 2.55. The first-order valence-electron chi connectivity index (χ1n) is 4.61. The molecule has 1 aromatic heterocycles. The molecule has 1 fully saturated rings. The van der Waals surface area contributed by atoms with Gasteiger partial charge in [-0.05, 0) is 18.9 Å². The Bertz CT molecular complexity index is 313. The van der Waals surface area contributed by atoms with Crippen molar-refractivity contribution < 1.29 is 9.90 Å². The van der Waals surface area contributed by atoms with E-state index in [4.69, 9.17) is 5.11 Å². The third kappa shape index (κ3) is 1.93. The molecule has 1 aromatic rings. The fourth-order valence-corrected chi connectivity index (χ4v) is 2.70. The highest BCUT2D eigenvalue weighted by Gasteiger charge is 2.30. The predicted molar refractivity (Wildman–Crippen MR) is 53.2 cm³/mol. The van der Waals surface area contributed by atoms with E-state index in [2.05, 4.69) is 10.3 Å². The Kier molecular flexibility index (Phi) is 2.79. The second kappa shape index (κ2) is 4.06. The summed E-state index contributed by atoms with van der Waals surface area (Å²) in [7, 11) is 0. The average molecular weight is 212 g/mol. The standard InChI is InChI=1S/C9H12N2O2S/c12-8(13)3-6-1-2-11-9(6)7-4-10-5-14-7/h4-6,9,11H,1-3H2,(H,12,13)/t6-,9+/m0/s1. The van der Waals surface area contributed by atoms with E-state index in [0.717, 1.165) is 17.8 Å². The van der Waals surface area contributed by atoms with E-state index < -0.39 is 5.97 Å². The van der Waals surface area contributed by atoms with Crippen molar-refractivity contribution in [1.82, 2.24) is 10.3 Å². The van der Waals surface area contributed by atoms with E-state index in [9.17, 15) is 4.79 Å². The van der Waals surface area contributed by atoms with Crippen LogP contribution in [0.4, 0.5) is 0 Å². The second-order valence-corrected chi connectivity index (χ2v) is 4.40. The van der Waals surface area contributed by atoms with E-state index in [1.165, 1.54) is 0 Å². The van der Waals surface area contributed by atoms with Gasteiger partial charge in [-0.25, -0.2) is 0 Å². The molecule has 2 rings (SSSR count). The van der Waals surface area contributed by atoms with Crippen LogP contribution in [0.5, 0.6) is 0 Å². The van der Waals surface area contributed by atoms with Gasteiger partial charge >= 0.3 is 5.97 Å². The van der Waals surface area contributed by atoms with Crippen LogP contribution in [0.2, 0.25) is 0 Å². The Morgan fingerprint density at radius 1 is 1.79 bits per heavy atom. The number of carboxylic acids is 1. The number of nitrogens with one attached hydrogen (secondary N) is 1. The maximum Gasteiger partial charge on any atom is 0.303 e. The lowest BCUT2D eigenvalue weighted by Crippen LogP contribution is -2.18. The lowest BCUT2D eigenvalue weighted by molar-refractivity contribution is -0.138. The molecule has 76 valence electrons. The van der Waals surface area contributed by atoms with Crippen molar-refractivity contribution in [3.8, 4) is 0 Å². The SMILES string of the molecule is O=C(O)C[C@@H]1CCN[C@H]1c1cncs1. The van der Waals surface area contributed by atoms with Crippen LogP contribution in [-0.2, 0) is 4.79 Å². The number of hydrogen-bond donors (Lipinski definition) is 2. The summed E-state index contributed by atoms with van der Waals surface area (Å²) >= 11 is 1.58. The number of carboxylic acid groups (broad SMARTS) is 1. The molecule has 5 heteroatoms. The smallest absolute Gasteiger partial charge is 0.303 e. The van der Waals surface area contributed by atoms with Crippen molar-refractivity contribution in [1.29, 1.82) is 0 Å². The number of aromatic nitrogens is 1. The summed E-state index contributed by atoms with van der Waals surface area (Å²) in [6, 6.07) is 0.193. The monoisotopic (exact) mass is 212 g/mol. The summed E-state index contributed by atoms with van der Waals surface area (Å²) in [5.41, 5.74) is 1.78. The molecule has 4 nitrogen and oxygen atoms in total. The molecule has 0 amide bonds. The summed E-state index contributed by atoms with van der Waals surface area (Å²) in [5, 5.41) is 12.1. The highest BCUT2D eigenvalue weighted by molar-refractivity contribution is 7.09. The van der Waals surface area contributed by atoms with Crippen molar-refractivity contribution in [3.63, 3.8) is 0 Å². The van der Waals surface area contributed by atoms with Crippen LogP contribution in [0, 0.1) is 5.92 Å². The van der Waals surface area contributed by atoms with Crippen LogP contribution in [0.1, 0.15) is 23.8 Å². The lowest BCUT2D eigenvalue weighted by Gasteiger charge is -2.15. The van der Waals surface area contributed by atoms with E-state index in [-0.39, 0.29) is 18.4 Å². The Morgan fingerprint density at radius 2 is 2.64 bits per heavy atom. The molecule has 0 saturated carbocycles. The van der Waals surface area contributed by atoms with Crippen molar-refractivity contribution in [2.24, 2.45) is 5.92 Å². The Balaban J connectivity index is 2.07. The quantitative estimate of drug-likeness (QED) is 0.792. The maximum atomic E-state index is 10.6. The molecular formula is C9H12N2O2S. The third-order valence-corrected chi connectivity index (χ3v) is 3.40. The van der Waals surface area contributed by atoms with Gasteiger partial charge in [0, 0.05) is 17.1 Å². The zero-order valence-electron chi connectivity index (χ0n) is 7.64. The zero-order chi connectivity index (χ0) is 9.97. The number of nitrogens with zero attached hydrogens (tertiary/aromatic N) is 1. The van der Waals surface area contributed by atoms with Crippen LogP contribution < -0.4 is 5.32 Å². The number of thiazole rings is 1. The van der Waals surface area contributed by atoms with Crippen molar-refractivity contribution >= 4 is 17.3 Å². The van der Waals surface area contributed by atoms with Crippen LogP contribution in [0.15, 0.2) is 11.7 Å². The molecule has 0 radical (unpaired) electrons. The molecule has 0 aromatic carbocycles. The van der Waals surface area contributed by atoms with Crippen molar-refractivity contribution in [3.05, 3.63) is 16.6 Å². The summed E-state index contributed by atoms with van der Waals surface area (Å²) in [6.45, 7) is 0.903. The normalized spacial score (nSPS) is 26.6. The van der Waals surface area contributed by atoms with Crippen LogP contribution >= 0.6 is 11.3 Å². The van der Waals surface area contributed by atoms with Gasteiger partial charge in [-0.1, -0.05) is 0 Å². The molecule has 2 heterocycles. The van der Waals surface area contributed by atoms with Crippen molar-refractivity contribution in [2.75, 3.05) is 6.54 Å². The van der Waals surface area contributed by atoms with Crippen molar-refractivity contribution in [2.45, 2.75) is 18.9 Å². The summed E-state index contributed by atoms with van der Waals surface area (Å²) in [4.78, 5) is 15.8. The van der Waals surface area contributed by atoms with E-state index in [1.807, 2.05) is 6.20 Å². The Morgan fingerprint density at radius 3 is 3.29 bits per heavy atom. The van der Waals surface area contributed by atoms with Gasteiger partial charge in [-0.3, -0.25) is 9.78 Å². The minimum absolute atomic E-state index is 0.193. The first kappa shape index (κ1) is 9.61. The van der Waals surface area contributed by atoms with Crippen LogP contribution in [0.3, 0.4) is 0 Å². The van der Waals surface area contributed by atoms with Gasteiger partial charge in [-0.2, -0.15) is 0 Å². The van der Waals surface area contributed by atoms with E-state index in [0.29, 0.717) is 0 Å². The summed E-state index contributed by atoms with van der Waals surface area (Å²) in [6.07, 6.45) is 3.01. The molecule has 1 aliphatic heterocycles. The second-order valence-electron chi connectivity index (χ2n) is 3.48. The lowest BCUT2D eigenvalue weighted by atomic mass is 9.96. The van der Waals surface area contributed by atoms with Gasteiger partial charge in [0.15, 0.2) is 0 Å². The molecule has 1 saturated heterocycles. The summed E-state index contributed by atoms with van der Waals surface area (Å²) < 4.78 is 0. The van der Waals surface area contributed by atoms with Gasteiger partial charge < -0.3 is 10.4 Å². The van der Waals surface area contributed by atoms with Crippen LogP contribution in [0.25, 0.3) is 0 Å². The highest BCUT2D eigenvalue weighted by Crippen LogP contribution is 2.33. The number of aliphatic carboxylic acids is 1. The minimum atomic E-state index is -0.715. The molecule has 1 aliphatic rings. The molecule has 0 spiro atoms. The van der Waals surface area contributed by atoms with Gasteiger partial charge in [0.05, 0.1) is 11.9 Å². The minimum Gasteiger partial charge on any atom is -0.481 e. The first-order valence-corrected chi connectivity index (χ1v) is 5.49. The largest absolute Gasteiger partial charge is 0.481 e. The molecule has 0 bridgehead atoms. The van der Waals surface area contributed by atoms with Gasteiger partial charge in [-0.15, -0.1) is 11.3 Å². The van der Waals surface area contributed by atoms with Gasteiger partial charge in [0.2, 0.25) is 0 Å². The Labute approximate surface area is 86.0 Å². The molecule has 0 unspecified atom stereocenters. The van der Waals surface area contributed by atoms with Gasteiger partial charge in [0.25, 0.3) is 0 Å². The maximum absolute atomic E-state index is 10.6. The first-order chi connectivity index (χ1) is 6.77. The highest BCUT2D eigenvalue weighted by atomic mass is 32.1. The number of carbonyl (C=O) groups is 1. The molecule has 14 heavy (non-hydrogen) atoms. The molecule has 0 aliphatic carbocycles. The molecular weight excluding hydrogens is 200 g/mol. The fourth-order valence-electron chi connectivity index (χ4n) is 1.91. The molecule has 2 atom stereocenters. The van der Waals surface area contributed by atoms with E-state index in [1.54, 1.807) is 16.8 Å². The average Bonchev–Trinajstić information content (AvgIpc) is 2.70. The predicted octanol–water partition coefficient (Wildman–Crippen LogP) is 1.27. The Hall–Kier alpha value is -0.940. The van der Waals surface area contributed by atoms with Gasteiger partial charge in [0.1, 0.15) is 0 Å². The fraction of sp³-hybridized carbons (Fsp3) is 0.556. The zero-order valence-corrected chi connectivity index (χ0v) is 8.46. The number of hydrogen-bond acceptors (Lipinski definition) is 4. The van der Waals surface area contributed by atoms with Crippen LogP contribution in [-0.4, -0.2) is 22.6 Å². The summed E-state index contributed by atoms with van der Waals surface area (Å²) in [5.74, 6) is -0.499. The number of rotatable bonds is 3.